The monoisotopic (exact) mass is 455 g/mol. The van der Waals surface area contributed by atoms with E-state index in [0.29, 0.717) is 15.9 Å². The smallest absolute Gasteiger partial charge is 0.258 e. The first-order valence-corrected chi connectivity index (χ1v) is 11.7. The number of fused-ring (bicyclic) bond motifs is 1. The molecule has 7 heteroatoms. The van der Waals surface area contributed by atoms with Crippen LogP contribution in [0.1, 0.15) is 36.4 Å². The number of rotatable bonds is 2. The highest BCUT2D eigenvalue weighted by Gasteiger charge is 2.44. The molecule has 0 N–H and O–H groups in total. The van der Waals surface area contributed by atoms with Gasteiger partial charge in [0, 0.05) is 16.0 Å². The third kappa shape index (κ3) is 3.82. The molecular weight excluding hydrogens is 437 g/mol. The number of hydrogen-bond donors (Lipinski definition) is 0. The molecule has 1 aliphatic carbocycles. The summed E-state index contributed by atoms with van der Waals surface area (Å²) in [7, 11) is 0. The number of amidine groups is 1. The second-order valence-corrected chi connectivity index (χ2v) is 9.44. The summed E-state index contributed by atoms with van der Waals surface area (Å²) in [6.45, 7) is 0. The van der Waals surface area contributed by atoms with Gasteiger partial charge in [0.1, 0.15) is 0 Å². The molecule has 2 heterocycles. The Morgan fingerprint density at radius 1 is 1.03 bits per heavy atom. The molecule has 152 valence electrons. The highest BCUT2D eigenvalue weighted by Crippen LogP contribution is 2.46. The molecule has 2 aliphatic heterocycles. The van der Waals surface area contributed by atoms with Crippen molar-refractivity contribution in [3.63, 3.8) is 0 Å². The molecule has 1 saturated carbocycles. The zero-order valence-corrected chi connectivity index (χ0v) is 18.4. The van der Waals surface area contributed by atoms with Gasteiger partial charge in [-0.1, -0.05) is 59.2 Å². The van der Waals surface area contributed by atoms with E-state index in [9.17, 15) is 4.79 Å². The van der Waals surface area contributed by atoms with Crippen molar-refractivity contribution >= 4 is 57.8 Å². The predicted molar refractivity (Wildman–Crippen MR) is 125 cm³/mol. The molecule has 5 rings (SSSR count). The summed E-state index contributed by atoms with van der Waals surface area (Å²) in [5, 5.41) is 9.10. The Morgan fingerprint density at radius 2 is 1.73 bits per heavy atom. The lowest BCUT2D eigenvalue weighted by atomic mass is 9.77. The summed E-state index contributed by atoms with van der Waals surface area (Å²) in [5.74, 6) is 0.525. The Bertz CT molecular complexity index is 1080. The largest absolute Gasteiger partial charge is 0.272 e. The predicted octanol–water partition coefficient (Wildman–Crippen LogP) is 6.22. The van der Waals surface area contributed by atoms with Crippen molar-refractivity contribution in [1.29, 1.82) is 0 Å². The van der Waals surface area contributed by atoms with E-state index >= 15 is 0 Å². The minimum absolute atomic E-state index is 0.0170. The van der Waals surface area contributed by atoms with Crippen LogP contribution in [-0.2, 0) is 4.79 Å². The lowest BCUT2D eigenvalue weighted by Gasteiger charge is -2.30. The Morgan fingerprint density at radius 3 is 2.40 bits per heavy atom. The molecule has 0 radical (unpaired) electrons. The van der Waals surface area contributed by atoms with Crippen molar-refractivity contribution in [1.82, 2.24) is 5.01 Å². The summed E-state index contributed by atoms with van der Waals surface area (Å²) in [6, 6.07) is 15.8. The van der Waals surface area contributed by atoms with Gasteiger partial charge < -0.3 is 0 Å². The first-order chi connectivity index (χ1) is 14.6. The summed E-state index contributed by atoms with van der Waals surface area (Å²) in [4.78, 5) is 16.1. The van der Waals surface area contributed by atoms with Crippen LogP contribution in [0.3, 0.4) is 0 Å². The third-order valence-electron chi connectivity index (χ3n) is 5.67. The first-order valence-electron chi connectivity index (χ1n) is 9.92. The molecule has 2 aromatic rings. The average Bonchev–Trinajstić information content (AvgIpc) is 3.34. The van der Waals surface area contributed by atoms with Crippen LogP contribution < -0.4 is 0 Å². The molecule has 1 amide bonds. The van der Waals surface area contributed by atoms with E-state index in [4.69, 9.17) is 28.3 Å². The lowest BCUT2D eigenvalue weighted by molar-refractivity contribution is -0.115. The first kappa shape index (κ1) is 19.9. The summed E-state index contributed by atoms with van der Waals surface area (Å²) >= 11 is 13.6. The lowest BCUT2D eigenvalue weighted by Crippen LogP contribution is -2.30. The van der Waals surface area contributed by atoms with Gasteiger partial charge in [0.15, 0.2) is 5.17 Å². The number of benzene rings is 2. The minimum atomic E-state index is -0.100. The van der Waals surface area contributed by atoms with Gasteiger partial charge in [-0.2, -0.15) is 10.1 Å². The number of thioether (sulfide) groups is 1. The Labute approximate surface area is 189 Å². The number of allylic oxidation sites excluding steroid dienone is 1. The van der Waals surface area contributed by atoms with E-state index in [1.54, 1.807) is 0 Å². The van der Waals surface area contributed by atoms with E-state index in [-0.39, 0.29) is 17.9 Å². The standard InChI is InChI=1S/C23H19Cl2N3OS/c24-17-8-4-14(5-9-17)12-16-2-1-3-19-21(16)27-28(23-26-20(29)13-30-23)22(19)15-6-10-18(25)11-7-15/h4-12,19,22H,1-3,13H2. The zero-order valence-electron chi connectivity index (χ0n) is 16.1. The fourth-order valence-corrected chi connectivity index (χ4v) is 5.35. The number of carbonyl (C=O) groups excluding carboxylic acids is 1. The third-order valence-corrected chi connectivity index (χ3v) is 7.10. The van der Waals surface area contributed by atoms with Crippen LogP contribution in [0.5, 0.6) is 0 Å². The van der Waals surface area contributed by atoms with Gasteiger partial charge in [0.05, 0.1) is 17.5 Å². The van der Waals surface area contributed by atoms with E-state index in [0.717, 1.165) is 41.1 Å². The highest BCUT2D eigenvalue weighted by molar-refractivity contribution is 8.14. The van der Waals surface area contributed by atoms with Gasteiger partial charge in [-0.3, -0.25) is 4.79 Å². The number of hydrazone groups is 1. The number of carbonyl (C=O) groups is 1. The number of hydrogen-bond acceptors (Lipinski definition) is 4. The SMILES string of the molecule is O=C1CSC(N2N=C3C(=Cc4ccc(Cl)cc4)CCCC3C2c2ccc(Cl)cc2)=N1. The summed E-state index contributed by atoms with van der Waals surface area (Å²) < 4.78 is 0. The van der Waals surface area contributed by atoms with Crippen LogP contribution in [0.25, 0.3) is 6.08 Å². The number of amides is 1. The molecule has 0 saturated heterocycles. The van der Waals surface area contributed by atoms with Crippen molar-refractivity contribution in [2.24, 2.45) is 16.0 Å². The molecular formula is C23H19Cl2N3OS. The van der Waals surface area contributed by atoms with Crippen LogP contribution in [0, 0.1) is 5.92 Å². The maximum atomic E-state index is 11.8. The molecule has 3 aliphatic rings. The summed E-state index contributed by atoms with van der Waals surface area (Å²) in [6.07, 6.45) is 5.34. The van der Waals surface area contributed by atoms with E-state index in [2.05, 4.69) is 23.2 Å². The highest BCUT2D eigenvalue weighted by atomic mass is 35.5. The maximum Gasteiger partial charge on any atom is 0.258 e. The van der Waals surface area contributed by atoms with Gasteiger partial charge in [0.2, 0.25) is 0 Å². The molecule has 0 spiro atoms. The van der Waals surface area contributed by atoms with Gasteiger partial charge in [-0.05, 0) is 66.3 Å². The summed E-state index contributed by atoms with van der Waals surface area (Å²) in [5.41, 5.74) is 4.59. The van der Waals surface area contributed by atoms with Crippen molar-refractivity contribution in [3.05, 3.63) is 75.3 Å². The van der Waals surface area contributed by atoms with Crippen LogP contribution in [0.15, 0.2) is 64.2 Å². The van der Waals surface area contributed by atoms with Gasteiger partial charge in [-0.25, -0.2) is 5.01 Å². The fraction of sp³-hybridized carbons (Fsp3) is 0.261. The molecule has 4 nitrogen and oxygen atoms in total. The maximum absolute atomic E-state index is 11.8. The van der Waals surface area contributed by atoms with Crippen molar-refractivity contribution in [2.45, 2.75) is 25.3 Å². The van der Waals surface area contributed by atoms with Gasteiger partial charge >= 0.3 is 0 Å². The second-order valence-electron chi connectivity index (χ2n) is 7.62. The quantitative estimate of drug-likeness (QED) is 0.539. The van der Waals surface area contributed by atoms with Crippen LogP contribution in [0.2, 0.25) is 10.0 Å². The topological polar surface area (TPSA) is 45.0 Å². The van der Waals surface area contributed by atoms with Crippen molar-refractivity contribution < 1.29 is 4.79 Å². The molecule has 1 fully saturated rings. The molecule has 2 unspecified atom stereocenters. The zero-order chi connectivity index (χ0) is 20.7. The number of halogens is 2. The van der Waals surface area contributed by atoms with E-state index < -0.39 is 0 Å². The van der Waals surface area contributed by atoms with Crippen molar-refractivity contribution in [3.8, 4) is 0 Å². The van der Waals surface area contributed by atoms with Crippen LogP contribution in [0.4, 0.5) is 0 Å². The Kier molecular flexibility index (Phi) is 5.44. The van der Waals surface area contributed by atoms with E-state index in [1.807, 2.05) is 41.4 Å². The molecule has 0 aromatic heterocycles. The van der Waals surface area contributed by atoms with Crippen LogP contribution in [-0.4, -0.2) is 27.5 Å². The molecule has 30 heavy (non-hydrogen) atoms. The van der Waals surface area contributed by atoms with E-state index in [1.165, 1.54) is 17.3 Å². The molecule has 2 aromatic carbocycles. The molecule has 0 bridgehead atoms. The fourth-order valence-electron chi connectivity index (χ4n) is 4.33. The van der Waals surface area contributed by atoms with Gasteiger partial charge in [0.25, 0.3) is 5.91 Å². The Hall–Kier alpha value is -2.08. The average molecular weight is 456 g/mol. The second kappa shape index (κ2) is 8.22. The van der Waals surface area contributed by atoms with Crippen molar-refractivity contribution in [2.75, 3.05) is 5.75 Å². The minimum Gasteiger partial charge on any atom is -0.272 e. The van der Waals surface area contributed by atoms with Gasteiger partial charge in [-0.15, -0.1) is 0 Å². The van der Waals surface area contributed by atoms with Crippen LogP contribution >= 0.6 is 35.0 Å². The number of aliphatic imine (C=N–C) groups is 1. The Balaban J connectivity index is 1.56. The number of nitrogens with zero attached hydrogens (tertiary/aromatic N) is 3. The normalized spacial score (nSPS) is 24.8. The molecule has 2 atom stereocenters.